The van der Waals surface area contributed by atoms with Crippen LogP contribution in [0.25, 0.3) is 10.8 Å². The Kier molecular flexibility index (Phi) is 39.8. The molecular formula is C96H89Cl2F3N11O20PS8. The molecule has 0 radical (unpaired) electrons. The minimum absolute atomic E-state index is 0.00661. The van der Waals surface area contributed by atoms with E-state index >= 15 is 0 Å². The van der Waals surface area contributed by atoms with Crippen molar-refractivity contribution in [3.8, 4) is 0 Å². The van der Waals surface area contributed by atoms with E-state index in [1.54, 1.807) is 181 Å². The second kappa shape index (κ2) is 51.2. The van der Waals surface area contributed by atoms with Crippen molar-refractivity contribution in [1.29, 1.82) is 0 Å². The summed E-state index contributed by atoms with van der Waals surface area (Å²) in [6.45, 7) is 3.38. The number of anilines is 2. The molecule has 10 N–H and O–H groups in total. The summed E-state index contributed by atoms with van der Waals surface area (Å²) in [5, 5.41) is 35.1. The van der Waals surface area contributed by atoms with Gasteiger partial charge in [0, 0.05) is 59.7 Å². The summed E-state index contributed by atoms with van der Waals surface area (Å²) in [5.74, 6) is 4.44. The molecule has 0 bridgehead atoms. The van der Waals surface area contributed by atoms with Crippen LogP contribution in [0.5, 0.6) is 0 Å². The Bertz CT molecular complexity index is 7280. The van der Waals surface area contributed by atoms with Gasteiger partial charge in [-0.1, -0.05) is 215 Å². The van der Waals surface area contributed by atoms with Crippen LogP contribution in [0.2, 0.25) is 10.0 Å². The molecule has 2 unspecified atom stereocenters. The average molecular weight is 2130 g/mol. The van der Waals surface area contributed by atoms with Crippen molar-refractivity contribution < 1.29 is 97.8 Å². The number of furan rings is 1. The van der Waals surface area contributed by atoms with E-state index < -0.39 is 115 Å². The summed E-state index contributed by atoms with van der Waals surface area (Å²) in [5.41, 5.74) is 14.6. The highest BCUT2D eigenvalue weighted by atomic mass is 35.5. The number of alkyl halides is 3. The molecule has 1 saturated heterocycles. The first kappa shape index (κ1) is 110. The van der Waals surface area contributed by atoms with Crippen LogP contribution in [-0.4, -0.2) is 129 Å². The number of nitro groups is 1. The third-order valence-corrected chi connectivity index (χ3v) is 35.5. The monoisotopic (exact) mass is 2130 g/mol. The van der Waals surface area contributed by atoms with E-state index in [1.165, 1.54) is 76.9 Å². The Morgan fingerprint density at radius 2 is 1.16 bits per heavy atom. The number of hydrazone groups is 1. The molecular weight excluding hydrogens is 2040 g/mol. The number of nitrogens with one attached hydrogen (secondary N) is 5. The van der Waals surface area contributed by atoms with Gasteiger partial charge in [0.05, 0.1) is 55.8 Å². The van der Waals surface area contributed by atoms with Crippen LogP contribution in [0, 0.1) is 24.0 Å². The van der Waals surface area contributed by atoms with Gasteiger partial charge in [-0.3, -0.25) is 53.2 Å². The van der Waals surface area contributed by atoms with Crippen molar-refractivity contribution in [3.63, 3.8) is 0 Å². The molecule has 12 aromatic carbocycles. The van der Waals surface area contributed by atoms with E-state index in [1.807, 2.05) is 116 Å². The fourth-order valence-electron chi connectivity index (χ4n) is 12.8. The number of thiophene rings is 1. The molecule has 1 fully saturated rings. The van der Waals surface area contributed by atoms with Gasteiger partial charge in [0.15, 0.2) is 32.7 Å². The lowest BCUT2D eigenvalue weighted by Gasteiger charge is -2.26. The lowest BCUT2D eigenvalue weighted by atomic mass is 10.1. The molecule has 2 aromatic heterocycles. The number of sulfonamides is 2. The number of hydrazine groups is 1. The summed E-state index contributed by atoms with van der Waals surface area (Å²) in [6.07, 6.45) is -1.69. The third kappa shape index (κ3) is 32.1. The number of hydrogen-bond donors (Lipinski definition) is 8. The van der Waals surface area contributed by atoms with Crippen LogP contribution >= 0.6 is 65.2 Å². The topological polar surface area (TPSA) is 482 Å². The number of thioether (sulfide) groups is 2. The van der Waals surface area contributed by atoms with Crippen molar-refractivity contribution >= 4 is 183 Å². The number of nitrogens with zero attached hydrogens (tertiary/aromatic N) is 4. The Morgan fingerprint density at radius 1 is 0.617 bits per heavy atom. The molecule has 736 valence electrons. The quantitative estimate of drug-likeness (QED) is 0.00315. The predicted molar refractivity (Wildman–Crippen MR) is 543 cm³/mol. The van der Waals surface area contributed by atoms with Crippen LogP contribution < -0.4 is 52.9 Å². The van der Waals surface area contributed by atoms with Crippen LogP contribution in [-0.2, 0) is 76.2 Å². The average Bonchev–Trinajstić information content (AvgIpc) is 1.71. The molecule has 3 heterocycles. The molecule has 45 heteroatoms. The molecule has 4 amide bonds. The molecule has 0 aliphatic carbocycles. The molecule has 15 rings (SSSR count). The van der Waals surface area contributed by atoms with Crippen molar-refractivity contribution in [2.24, 2.45) is 21.8 Å². The number of benzene rings is 12. The Balaban J connectivity index is 0.000000177. The molecule has 31 nitrogen and oxygen atoms in total. The van der Waals surface area contributed by atoms with E-state index in [0.29, 0.717) is 66.7 Å². The van der Waals surface area contributed by atoms with E-state index in [-0.39, 0.29) is 59.2 Å². The van der Waals surface area contributed by atoms with Crippen LogP contribution in [0.1, 0.15) is 70.3 Å². The molecule has 2 atom stereocenters. The standard InChI is InChI=1S/C26H22ClN3O4S.C20H18NO3P.C19H17NO3S.C12H13F3N2O3S3.C11H11N3O3S2.C8H8ClNO4S/c1-19-8-14-23(15-9-19)35(32,33)30(18-20-10-12-21(27)13-11-20)25-7-3-2-6-24(25)26(31)29-28-17-22-5-4-16-34-22;22-21(23)16-20(17-10-4-1-5-11-17)25(24,18-12-6-2-7-13-18)19-14-8-3-9-15-19;1-14-6-10-18(11-7-14)24(22,23)13-20-19(21)17-9-8-15-4-2-3-5-16(15)12-17;13-12(14,15)8-1-3-9(4-2-8)23(18,19)20-17-11(16)10-7-21-5-6-22-10;12-13-11(15)8-3-5-9(6-4-8)14-19(16,17)10-2-1-7-18-10;9-6-1-3-7(4-2-6)15(13,14)5-8(11)10-12/h2-17H,18H2,1H3,(H,29,31);1-15,20H,16H2;2-12H,13H2,1H3,(H,20,21);1-4,10H,5-7H2,(H2,16,17);1-7,14H,12H2,(H,13,15);1-4,12H,5H2,(H,10,11)/b28-17+;;;;;. The first-order valence-corrected chi connectivity index (χ1v) is 54.8. The van der Waals surface area contributed by atoms with Gasteiger partial charge in [-0.25, -0.2) is 50.4 Å². The Morgan fingerprint density at radius 3 is 1.70 bits per heavy atom. The van der Waals surface area contributed by atoms with Crippen LogP contribution in [0.15, 0.2) is 378 Å². The first-order chi connectivity index (χ1) is 67.1. The normalized spacial score (nSPS) is 13.0. The number of fused-ring (bicyclic) bond motifs is 1. The number of carbonyl (C=O) groups excluding carboxylic acids is 4. The van der Waals surface area contributed by atoms with Crippen molar-refractivity contribution in [2.45, 2.75) is 61.3 Å². The summed E-state index contributed by atoms with van der Waals surface area (Å²) >= 11 is 15.9. The van der Waals surface area contributed by atoms with Gasteiger partial charge in [-0.15, -0.1) is 23.1 Å². The lowest BCUT2D eigenvalue weighted by Crippen LogP contribution is -2.33. The number of hydrogen-bond acceptors (Lipinski definition) is 26. The van der Waals surface area contributed by atoms with Gasteiger partial charge >= 0.3 is 16.3 Å². The molecule has 1 aliphatic heterocycles. The van der Waals surface area contributed by atoms with Crippen LogP contribution in [0.3, 0.4) is 0 Å². The van der Waals surface area contributed by atoms with Crippen molar-refractivity contribution in [3.05, 3.63) is 410 Å². The number of carbonyl (C=O) groups is 4. The number of hydroxylamine groups is 1. The smallest absolute Gasteiger partial charge is 0.416 e. The second-order valence-corrected chi connectivity index (χ2v) is 46.5. The molecule has 141 heavy (non-hydrogen) atoms. The number of amides is 4. The number of halogens is 5. The predicted octanol–water partition coefficient (Wildman–Crippen LogP) is 17.0. The molecule has 1 aliphatic rings. The van der Waals surface area contributed by atoms with Crippen molar-refractivity contribution in [2.75, 3.05) is 44.5 Å². The number of para-hydroxylation sites is 1. The van der Waals surface area contributed by atoms with Gasteiger partial charge in [0.25, 0.3) is 43.7 Å². The zero-order chi connectivity index (χ0) is 102. The summed E-state index contributed by atoms with van der Waals surface area (Å²) in [6, 6.07) is 87.6. The number of oxime groups is 1. The van der Waals surface area contributed by atoms with Gasteiger partial charge in [0.2, 0.25) is 6.54 Å². The maximum absolute atomic E-state index is 14.3. The second-order valence-electron chi connectivity index (χ2n) is 29.9. The van der Waals surface area contributed by atoms with Gasteiger partial charge in [0.1, 0.15) is 32.2 Å². The number of rotatable bonds is 29. The highest BCUT2D eigenvalue weighted by molar-refractivity contribution is 8.07. The van der Waals surface area contributed by atoms with Gasteiger partial charge < -0.3 is 20.0 Å². The minimum atomic E-state index is -4.54. The first-order valence-electron chi connectivity index (χ1n) is 41.6. The van der Waals surface area contributed by atoms with E-state index in [4.69, 9.17) is 44.4 Å². The van der Waals surface area contributed by atoms with Crippen LogP contribution in [0.4, 0.5) is 24.5 Å². The molecule has 14 aromatic rings. The van der Waals surface area contributed by atoms with Crippen molar-refractivity contribution in [1.82, 2.24) is 21.6 Å². The van der Waals surface area contributed by atoms with E-state index in [2.05, 4.69) is 30.0 Å². The maximum Gasteiger partial charge on any atom is 0.416 e. The lowest BCUT2D eigenvalue weighted by molar-refractivity contribution is -0.480. The van der Waals surface area contributed by atoms with Gasteiger partial charge in [-0.05, 0) is 193 Å². The third-order valence-electron chi connectivity index (χ3n) is 20.0. The zero-order valence-electron chi connectivity index (χ0n) is 74.3. The fourth-order valence-corrected chi connectivity index (χ4v) is 25.3. The number of aryl methyl sites for hydroxylation is 2. The SMILES string of the molecule is Cc1ccc(S(=O)(=O)CNC(=O)c2ccc3ccccc3c2)cc1.Cc1ccc(S(=O)(=O)N(Cc2ccc(Cl)cc2)c2ccccc2C(=O)N/N=C/c2ccco2)cc1.N/C(=N/OS(=O)(=O)c1ccc(C(F)(F)F)cc1)C1CSCCS1.NNC(=O)c1ccc(NS(=O)(=O)c2cccs2)cc1.O=C(CS(=O)(=O)c1ccc(Cl)cc1)NO.O=[N+]([O-])CC(c1ccccc1)P(=O)(c1ccccc1)c1ccccc1. The number of nitrogen functional groups attached to an aromatic ring is 1. The number of amidine groups is 1. The van der Waals surface area contributed by atoms with Gasteiger partial charge in [-0.2, -0.15) is 38.5 Å². The summed E-state index contributed by atoms with van der Waals surface area (Å²) in [7, 11) is -22.4. The largest absolute Gasteiger partial charge is 0.463 e. The highest BCUT2D eigenvalue weighted by Crippen LogP contribution is 2.57. The van der Waals surface area contributed by atoms with E-state index in [0.717, 1.165) is 62.4 Å². The minimum Gasteiger partial charge on any atom is -0.463 e. The Hall–Kier alpha value is -13.3. The maximum atomic E-state index is 14.3. The fraction of sp³-hybridized carbons (Fsp3) is 0.125. The molecule has 0 saturated carbocycles. The summed E-state index contributed by atoms with van der Waals surface area (Å²) in [4.78, 5) is 58.1. The number of sulfone groups is 2. The zero-order valence-corrected chi connectivity index (χ0v) is 83.2. The number of nitrogens with two attached hydrogens (primary N) is 2. The highest BCUT2D eigenvalue weighted by Gasteiger charge is 2.41. The summed E-state index contributed by atoms with van der Waals surface area (Å²) < 4.78 is 188. The molecule has 0 spiro atoms. The Labute approximate surface area is 833 Å². The van der Waals surface area contributed by atoms with E-state index in [9.17, 15) is 89.1 Å².